The molecule has 1 aromatic rings. The lowest BCUT2D eigenvalue weighted by Gasteiger charge is -2.33. The molecule has 0 fully saturated rings. The number of carbonyl (C=O) groups excluding carboxylic acids is 2. The van der Waals surface area contributed by atoms with Gasteiger partial charge in [0.2, 0.25) is 11.8 Å². The molecule has 0 radical (unpaired) electrons. The van der Waals surface area contributed by atoms with Gasteiger partial charge in [-0.25, -0.2) is 0 Å². The van der Waals surface area contributed by atoms with Crippen molar-refractivity contribution in [2.75, 3.05) is 26.8 Å². The van der Waals surface area contributed by atoms with Gasteiger partial charge in [0.05, 0.1) is 25.4 Å². The van der Waals surface area contributed by atoms with E-state index in [4.69, 9.17) is 4.74 Å². The summed E-state index contributed by atoms with van der Waals surface area (Å²) in [6.45, 7) is 3.77. The average molecular weight is 294 g/mol. The average Bonchev–Trinajstić information content (AvgIpc) is 2.94. The van der Waals surface area contributed by atoms with Crippen molar-refractivity contribution < 1.29 is 14.3 Å². The molecule has 2 rings (SSSR count). The van der Waals surface area contributed by atoms with E-state index in [9.17, 15) is 9.59 Å². The molecule has 0 saturated carbocycles. The van der Waals surface area contributed by atoms with E-state index in [-0.39, 0.29) is 11.8 Å². The van der Waals surface area contributed by atoms with Gasteiger partial charge in [0.1, 0.15) is 6.04 Å². The SMILES string of the molecule is CCCC(=O)N1Cc2ccnn2C(C(=O)NCCOC)C1. The molecule has 1 aromatic heterocycles. The second kappa shape index (κ2) is 7.21. The second-order valence-electron chi connectivity index (χ2n) is 5.09. The Hall–Kier alpha value is -1.89. The monoisotopic (exact) mass is 294 g/mol. The van der Waals surface area contributed by atoms with Crippen LogP contribution in [-0.2, 0) is 20.9 Å². The Morgan fingerprint density at radius 1 is 1.52 bits per heavy atom. The van der Waals surface area contributed by atoms with Crippen LogP contribution in [0.15, 0.2) is 12.3 Å². The number of nitrogens with zero attached hydrogens (tertiary/aromatic N) is 3. The van der Waals surface area contributed by atoms with Crippen molar-refractivity contribution in [1.29, 1.82) is 0 Å². The molecule has 0 saturated heterocycles. The third kappa shape index (κ3) is 3.60. The number of nitrogens with one attached hydrogen (secondary N) is 1. The zero-order valence-corrected chi connectivity index (χ0v) is 12.5. The molecule has 1 aliphatic rings. The van der Waals surface area contributed by atoms with E-state index in [0.717, 1.165) is 12.1 Å². The maximum atomic E-state index is 12.3. The van der Waals surface area contributed by atoms with Crippen molar-refractivity contribution in [3.05, 3.63) is 18.0 Å². The molecule has 0 bridgehead atoms. The third-order valence-electron chi connectivity index (χ3n) is 3.52. The molecule has 7 nitrogen and oxygen atoms in total. The number of hydrogen-bond donors (Lipinski definition) is 1. The standard InChI is InChI=1S/C14H22N4O3/c1-3-4-13(19)17-9-11-5-6-16-18(11)12(10-17)14(20)15-7-8-21-2/h5-6,12H,3-4,7-10H2,1-2H3,(H,15,20). The van der Waals surface area contributed by atoms with E-state index in [1.54, 1.807) is 22.9 Å². The summed E-state index contributed by atoms with van der Waals surface area (Å²) in [7, 11) is 1.59. The number of aromatic nitrogens is 2. The predicted octanol–water partition coefficient (Wildman–Crippen LogP) is 0.329. The summed E-state index contributed by atoms with van der Waals surface area (Å²) in [4.78, 5) is 26.1. The van der Waals surface area contributed by atoms with Gasteiger partial charge in [-0.05, 0) is 12.5 Å². The maximum Gasteiger partial charge on any atom is 0.246 e. The second-order valence-corrected chi connectivity index (χ2v) is 5.09. The van der Waals surface area contributed by atoms with Crippen LogP contribution in [0.3, 0.4) is 0 Å². The van der Waals surface area contributed by atoms with Crippen LogP contribution >= 0.6 is 0 Å². The molecular formula is C14H22N4O3. The Bertz CT molecular complexity index is 500. The van der Waals surface area contributed by atoms with E-state index in [2.05, 4.69) is 10.4 Å². The van der Waals surface area contributed by atoms with Crippen molar-refractivity contribution in [2.24, 2.45) is 0 Å². The molecule has 7 heteroatoms. The van der Waals surface area contributed by atoms with Crippen LogP contribution < -0.4 is 5.32 Å². The minimum Gasteiger partial charge on any atom is -0.383 e. The minimum absolute atomic E-state index is 0.0830. The van der Waals surface area contributed by atoms with Crippen molar-refractivity contribution in [3.8, 4) is 0 Å². The van der Waals surface area contributed by atoms with Gasteiger partial charge >= 0.3 is 0 Å². The Balaban J connectivity index is 2.09. The summed E-state index contributed by atoms with van der Waals surface area (Å²) in [6, 6.07) is 1.38. The molecule has 1 aliphatic heterocycles. The highest BCUT2D eigenvalue weighted by Gasteiger charge is 2.32. The third-order valence-corrected chi connectivity index (χ3v) is 3.52. The van der Waals surface area contributed by atoms with E-state index >= 15 is 0 Å². The fourth-order valence-electron chi connectivity index (χ4n) is 2.44. The number of ether oxygens (including phenoxy) is 1. The highest BCUT2D eigenvalue weighted by atomic mass is 16.5. The summed E-state index contributed by atoms with van der Waals surface area (Å²) in [6.07, 6.45) is 2.98. The van der Waals surface area contributed by atoms with Gasteiger partial charge in [-0.2, -0.15) is 5.10 Å². The zero-order valence-electron chi connectivity index (χ0n) is 12.5. The van der Waals surface area contributed by atoms with Gasteiger partial charge in [-0.15, -0.1) is 0 Å². The van der Waals surface area contributed by atoms with Gasteiger partial charge < -0.3 is 15.0 Å². The van der Waals surface area contributed by atoms with Crippen LogP contribution in [0.2, 0.25) is 0 Å². The fourth-order valence-corrected chi connectivity index (χ4v) is 2.44. The molecule has 1 atom stereocenters. The number of amides is 2. The van der Waals surface area contributed by atoms with Crippen LogP contribution in [0.1, 0.15) is 31.5 Å². The first-order valence-corrected chi connectivity index (χ1v) is 7.24. The molecule has 0 aliphatic carbocycles. The molecule has 116 valence electrons. The van der Waals surface area contributed by atoms with Crippen LogP contribution in [0, 0.1) is 0 Å². The normalized spacial score (nSPS) is 17.4. The van der Waals surface area contributed by atoms with Gasteiger partial charge in [0.15, 0.2) is 0 Å². The Kier molecular flexibility index (Phi) is 5.32. The summed E-state index contributed by atoms with van der Waals surface area (Å²) in [5.41, 5.74) is 0.887. The highest BCUT2D eigenvalue weighted by molar-refractivity contribution is 5.82. The predicted molar refractivity (Wildman–Crippen MR) is 76.5 cm³/mol. The van der Waals surface area contributed by atoms with Gasteiger partial charge in [0.25, 0.3) is 0 Å². The lowest BCUT2D eigenvalue weighted by molar-refractivity contribution is -0.135. The van der Waals surface area contributed by atoms with Crippen LogP contribution in [0.4, 0.5) is 0 Å². The number of hydrogen-bond acceptors (Lipinski definition) is 4. The van der Waals surface area contributed by atoms with E-state index in [1.165, 1.54) is 0 Å². The van der Waals surface area contributed by atoms with Gasteiger partial charge in [0, 0.05) is 26.3 Å². The van der Waals surface area contributed by atoms with Gasteiger partial charge in [-0.3, -0.25) is 14.3 Å². The Morgan fingerprint density at radius 3 is 3.05 bits per heavy atom. The summed E-state index contributed by atoms with van der Waals surface area (Å²) < 4.78 is 6.63. The molecule has 1 N–H and O–H groups in total. The lowest BCUT2D eigenvalue weighted by atomic mass is 10.1. The first-order chi connectivity index (χ1) is 10.2. The number of fused-ring (bicyclic) bond motifs is 1. The Morgan fingerprint density at radius 2 is 2.33 bits per heavy atom. The molecule has 2 heterocycles. The maximum absolute atomic E-state index is 12.3. The zero-order chi connectivity index (χ0) is 15.2. The number of rotatable bonds is 6. The highest BCUT2D eigenvalue weighted by Crippen LogP contribution is 2.21. The first kappa shape index (κ1) is 15.5. The lowest BCUT2D eigenvalue weighted by Crippen LogP contribution is -2.47. The molecule has 2 amide bonds. The van der Waals surface area contributed by atoms with Crippen molar-refractivity contribution in [2.45, 2.75) is 32.4 Å². The van der Waals surface area contributed by atoms with E-state index in [1.807, 2.05) is 13.0 Å². The summed E-state index contributed by atoms with van der Waals surface area (Å²) in [5, 5.41) is 7.03. The number of carbonyl (C=O) groups is 2. The molecule has 21 heavy (non-hydrogen) atoms. The topological polar surface area (TPSA) is 76.5 Å². The minimum atomic E-state index is -0.471. The molecule has 1 unspecified atom stereocenters. The van der Waals surface area contributed by atoms with Gasteiger partial charge in [-0.1, -0.05) is 6.92 Å². The van der Waals surface area contributed by atoms with Crippen LogP contribution in [0.25, 0.3) is 0 Å². The van der Waals surface area contributed by atoms with Crippen LogP contribution in [0.5, 0.6) is 0 Å². The van der Waals surface area contributed by atoms with Crippen molar-refractivity contribution in [3.63, 3.8) is 0 Å². The molecule has 0 aromatic carbocycles. The van der Waals surface area contributed by atoms with Crippen LogP contribution in [-0.4, -0.2) is 53.3 Å². The first-order valence-electron chi connectivity index (χ1n) is 7.24. The fraction of sp³-hybridized carbons (Fsp3) is 0.643. The number of methoxy groups -OCH3 is 1. The summed E-state index contributed by atoms with van der Waals surface area (Å²) in [5.74, 6) is -0.0503. The van der Waals surface area contributed by atoms with E-state index < -0.39 is 6.04 Å². The molecule has 0 spiro atoms. The smallest absolute Gasteiger partial charge is 0.246 e. The largest absolute Gasteiger partial charge is 0.383 e. The summed E-state index contributed by atoms with van der Waals surface area (Å²) >= 11 is 0. The van der Waals surface area contributed by atoms with Crippen molar-refractivity contribution in [1.82, 2.24) is 20.0 Å². The quantitative estimate of drug-likeness (QED) is 0.767. The Labute approximate surface area is 124 Å². The molecular weight excluding hydrogens is 272 g/mol. The van der Waals surface area contributed by atoms with E-state index in [0.29, 0.717) is 32.7 Å². The van der Waals surface area contributed by atoms with Crippen molar-refractivity contribution >= 4 is 11.8 Å².